The van der Waals surface area contributed by atoms with E-state index >= 15 is 0 Å². The summed E-state index contributed by atoms with van der Waals surface area (Å²) < 4.78 is 5.58. The number of allylic oxidation sites excluding steroid dienone is 2. The first kappa shape index (κ1) is 26.1. The van der Waals surface area contributed by atoms with Gasteiger partial charge in [-0.05, 0) is 29.7 Å². The van der Waals surface area contributed by atoms with Crippen LogP contribution in [0.1, 0.15) is 105 Å². The molecule has 2 aliphatic carbocycles. The molecule has 6 nitrogen and oxygen atoms in total. The van der Waals surface area contributed by atoms with Crippen molar-refractivity contribution in [3.63, 3.8) is 0 Å². The minimum Gasteiger partial charge on any atom is -0.511 e. The lowest BCUT2D eigenvalue weighted by molar-refractivity contribution is -0.117. The number of aliphatic hydroxyl groups excluding tert-OH is 1. The zero-order valence-electron chi connectivity index (χ0n) is 21.8. The maximum Gasteiger partial charge on any atom is 0.168 e. The van der Waals surface area contributed by atoms with Gasteiger partial charge in [0.25, 0.3) is 0 Å². The third-order valence-corrected chi connectivity index (χ3v) is 7.30. The molecular formula is C30H38N2O4. The normalized spacial score (nSPS) is 22.1. The SMILES string of the molecule is CCCCCCN=C1CC(C)(C)CC(=O)/C1=C(/O)CCc1noc2c1C(=O)CC(c1ccccc1)C2. The highest BCUT2D eigenvalue weighted by Gasteiger charge is 2.37. The molecule has 1 saturated carbocycles. The van der Waals surface area contributed by atoms with Crippen molar-refractivity contribution in [3.05, 3.63) is 64.2 Å². The van der Waals surface area contributed by atoms with E-state index < -0.39 is 0 Å². The molecule has 36 heavy (non-hydrogen) atoms. The van der Waals surface area contributed by atoms with E-state index in [1.165, 1.54) is 6.42 Å². The summed E-state index contributed by atoms with van der Waals surface area (Å²) in [5.41, 5.74) is 3.16. The highest BCUT2D eigenvalue weighted by molar-refractivity contribution is 6.24. The number of nitrogens with zero attached hydrogens (tertiary/aromatic N) is 2. The van der Waals surface area contributed by atoms with Crippen molar-refractivity contribution in [1.82, 2.24) is 5.16 Å². The molecule has 1 fully saturated rings. The average molecular weight is 491 g/mol. The first-order valence-corrected chi connectivity index (χ1v) is 13.3. The molecule has 4 rings (SSSR count). The Kier molecular flexibility index (Phi) is 8.22. The Morgan fingerprint density at radius 3 is 2.61 bits per heavy atom. The van der Waals surface area contributed by atoms with Crippen molar-refractivity contribution in [2.75, 3.05) is 6.54 Å². The number of Topliss-reactive ketones (excluding diaryl/α,β-unsaturated/α-hetero) is 2. The molecule has 1 aromatic heterocycles. The molecule has 6 heteroatoms. The maximum atomic E-state index is 13.0. The molecule has 1 atom stereocenters. The monoisotopic (exact) mass is 490 g/mol. The minimum absolute atomic E-state index is 0.0262. The Morgan fingerprint density at radius 1 is 1.08 bits per heavy atom. The van der Waals surface area contributed by atoms with E-state index in [9.17, 15) is 14.7 Å². The summed E-state index contributed by atoms with van der Waals surface area (Å²) in [5.74, 6) is 0.720. The molecule has 0 spiro atoms. The number of unbranched alkanes of at least 4 members (excludes halogenated alkanes) is 3. The molecule has 2 aliphatic rings. The van der Waals surface area contributed by atoms with Gasteiger partial charge in [0, 0.05) is 44.4 Å². The summed E-state index contributed by atoms with van der Waals surface area (Å²) in [6.45, 7) is 6.99. The summed E-state index contributed by atoms with van der Waals surface area (Å²) in [5, 5.41) is 15.2. The van der Waals surface area contributed by atoms with Crippen LogP contribution in [-0.2, 0) is 17.6 Å². The number of aromatic nitrogens is 1. The minimum atomic E-state index is -0.171. The standard InChI is InChI=1S/C30H38N2O4/c1-4-5-6-10-15-31-23-18-30(2,3)19-26(35)28(23)24(33)14-13-22-29-25(34)16-21(17-27(29)36-32-22)20-11-8-7-9-12-20/h7-9,11-12,21,33H,4-6,10,13-19H2,1-3H3/b28-24+,31-23?. The van der Waals surface area contributed by atoms with Gasteiger partial charge >= 0.3 is 0 Å². The van der Waals surface area contributed by atoms with Crippen molar-refractivity contribution < 1.29 is 19.2 Å². The molecule has 0 saturated heterocycles. The van der Waals surface area contributed by atoms with Gasteiger partial charge in [0.1, 0.15) is 11.5 Å². The fourth-order valence-corrected chi connectivity index (χ4v) is 5.44. The van der Waals surface area contributed by atoms with Crippen LogP contribution in [0.5, 0.6) is 0 Å². The largest absolute Gasteiger partial charge is 0.511 e. The van der Waals surface area contributed by atoms with Crippen LogP contribution in [0.3, 0.4) is 0 Å². The lowest BCUT2D eigenvalue weighted by Crippen LogP contribution is -2.33. The smallest absolute Gasteiger partial charge is 0.168 e. The number of benzene rings is 1. The Bertz CT molecular complexity index is 1160. The van der Waals surface area contributed by atoms with Gasteiger partial charge in [-0.3, -0.25) is 14.6 Å². The van der Waals surface area contributed by atoms with Crippen molar-refractivity contribution in [2.24, 2.45) is 10.4 Å². The van der Waals surface area contributed by atoms with Gasteiger partial charge in [-0.1, -0.05) is 75.5 Å². The van der Waals surface area contributed by atoms with Crippen molar-refractivity contribution >= 4 is 17.3 Å². The topological polar surface area (TPSA) is 92.8 Å². The van der Waals surface area contributed by atoms with Crippen LogP contribution in [0.15, 0.2) is 51.2 Å². The molecule has 2 aromatic rings. The van der Waals surface area contributed by atoms with Crippen LogP contribution in [0.2, 0.25) is 0 Å². The number of aryl methyl sites for hydroxylation is 1. The molecule has 0 amide bonds. The predicted molar refractivity (Wildman–Crippen MR) is 141 cm³/mol. The fraction of sp³-hybridized carbons (Fsp3) is 0.533. The van der Waals surface area contributed by atoms with Crippen LogP contribution >= 0.6 is 0 Å². The van der Waals surface area contributed by atoms with Gasteiger partial charge in [-0.2, -0.15) is 0 Å². The molecule has 1 N–H and O–H groups in total. The Morgan fingerprint density at radius 2 is 1.86 bits per heavy atom. The van der Waals surface area contributed by atoms with Gasteiger partial charge in [-0.25, -0.2) is 0 Å². The van der Waals surface area contributed by atoms with Gasteiger partial charge in [0.05, 0.1) is 16.8 Å². The van der Waals surface area contributed by atoms with Crippen LogP contribution in [0.4, 0.5) is 0 Å². The third kappa shape index (κ3) is 6.03. The second kappa shape index (κ2) is 11.4. The van der Waals surface area contributed by atoms with E-state index in [-0.39, 0.29) is 35.1 Å². The third-order valence-electron chi connectivity index (χ3n) is 7.30. The van der Waals surface area contributed by atoms with Gasteiger partial charge in [0.15, 0.2) is 11.6 Å². The lowest BCUT2D eigenvalue weighted by Gasteiger charge is -2.31. The molecule has 192 valence electrons. The summed E-state index contributed by atoms with van der Waals surface area (Å²) in [6.07, 6.45) is 7.12. The highest BCUT2D eigenvalue weighted by Crippen LogP contribution is 2.37. The molecular weight excluding hydrogens is 452 g/mol. The van der Waals surface area contributed by atoms with Gasteiger partial charge in [-0.15, -0.1) is 0 Å². The second-order valence-electron chi connectivity index (χ2n) is 11.0. The molecule has 0 radical (unpaired) electrons. The summed E-state index contributed by atoms with van der Waals surface area (Å²) >= 11 is 0. The van der Waals surface area contributed by atoms with E-state index in [4.69, 9.17) is 9.52 Å². The summed E-state index contributed by atoms with van der Waals surface area (Å²) in [6, 6.07) is 10.0. The van der Waals surface area contributed by atoms with Crippen molar-refractivity contribution in [3.8, 4) is 0 Å². The van der Waals surface area contributed by atoms with Crippen LogP contribution in [-0.4, -0.2) is 34.1 Å². The Hall–Kier alpha value is -3.02. The lowest BCUT2D eigenvalue weighted by atomic mass is 9.73. The number of hydrogen-bond donors (Lipinski definition) is 1. The molecule has 1 aromatic carbocycles. The van der Waals surface area contributed by atoms with Crippen molar-refractivity contribution in [2.45, 2.75) is 90.9 Å². The zero-order valence-corrected chi connectivity index (χ0v) is 21.8. The van der Waals surface area contributed by atoms with E-state index in [2.05, 4.69) is 25.9 Å². The predicted octanol–water partition coefficient (Wildman–Crippen LogP) is 6.74. The van der Waals surface area contributed by atoms with Crippen LogP contribution < -0.4 is 0 Å². The molecule has 0 aliphatic heterocycles. The summed E-state index contributed by atoms with van der Waals surface area (Å²) in [4.78, 5) is 30.8. The number of hydrogen-bond acceptors (Lipinski definition) is 6. The highest BCUT2D eigenvalue weighted by atomic mass is 16.5. The fourth-order valence-electron chi connectivity index (χ4n) is 5.44. The quantitative estimate of drug-likeness (QED) is 0.239. The molecule has 0 bridgehead atoms. The van der Waals surface area contributed by atoms with Gasteiger partial charge in [0.2, 0.25) is 0 Å². The first-order valence-electron chi connectivity index (χ1n) is 13.3. The van der Waals surface area contributed by atoms with Crippen LogP contribution in [0, 0.1) is 5.41 Å². The van der Waals surface area contributed by atoms with E-state index in [0.29, 0.717) is 67.0 Å². The average Bonchev–Trinajstić information content (AvgIpc) is 3.25. The van der Waals surface area contributed by atoms with E-state index in [1.807, 2.05) is 30.3 Å². The maximum absolute atomic E-state index is 13.0. The number of fused-ring (bicyclic) bond motifs is 1. The van der Waals surface area contributed by atoms with Gasteiger partial charge < -0.3 is 9.63 Å². The van der Waals surface area contributed by atoms with Crippen molar-refractivity contribution in [1.29, 1.82) is 0 Å². The van der Waals surface area contributed by atoms with E-state index in [1.54, 1.807) is 0 Å². The number of carbonyl (C=O) groups excluding carboxylic acids is 2. The van der Waals surface area contributed by atoms with E-state index in [0.717, 1.165) is 24.8 Å². The number of ketones is 2. The Labute approximate surface area is 213 Å². The number of carbonyl (C=O) groups is 2. The Balaban J connectivity index is 1.49. The molecule has 1 heterocycles. The second-order valence-corrected chi connectivity index (χ2v) is 11.0. The first-order chi connectivity index (χ1) is 17.3. The zero-order chi connectivity index (χ0) is 25.7. The number of aliphatic hydroxyl groups is 1. The molecule has 1 unspecified atom stereocenters. The number of rotatable bonds is 9. The summed E-state index contributed by atoms with van der Waals surface area (Å²) in [7, 11) is 0. The van der Waals surface area contributed by atoms with Crippen LogP contribution in [0.25, 0.3) is 0 Å². The number of aliphatic imine (C=N–C) groups is 1.